The first-order valence-corrected chi connectivity index (χ1v) is 11.3. The molecule has 4 fully saturated rings. The quantitative estimate of drug-likeness (QED) is 0.518. The number of halogens is 1. The molecule has 1 aromatic carbocycles. The monoisotopic (exact) mass is 465 g/mol. The highest BCUT2D eigenvalue weighted by molar-refractivity contribution is 6.47. The summed E-state index contributed by atoms with van der Waals surface area (Å²) in [6.45, 7) is 12.4. The van der Waals surface area contributed by atoms with Gasteiger partial charge in [-0.3, -0.25) is 0 Å². The fourth-order valence-electron chi connectivity index (χ4n) is 5.91. The Hall–Kier alpha value is -1.28. The van der Waals surface area contributed by atoms with Crippen LogP contribution in [-0.2, 0) is 20.5 Å². The summed E-state index contributed by atoms with van der Waals surface area (Å²) in [5.74, 6) is 0.905. The van der Waals surface area contributed by atoms with E-state index in [0.717, 1.165) is 12.0 Å². The van der Waals surface area contributed by atoms with Gasteiger partial charge in [-0.25, -0.2) is 4.79 Å². The highest BCUT2D eigenvalue weighted by Crippen LogP contribution is 2.65. The zero-order chi connectivity index (χ0) is 22.8. The van der Waals surface area contributed by atoms with Gasteiger partial charge in [0.1, 0.15) is 16.9 Å². The normalized spacial score (nSPS) is 31.1. The smallest absolute Gasteiger partial charge is 0.475 e. The number of nitrogens with two attached hydrogens (primary N) is 1. The maximum Gasteiger partial charge on any atom is 0.475 e. The molecule has 0 amide bonds. The van der Waals surface area contributed by atoms with Crippen molar-refractivity contribution < 1.29 is 23.6 Å². The van der Waals surface area contributed by atoms with Gasteiger partial charge in [0, 0.05) is 5.94 Å². The van der Waals surface area contributed by atoms with Crippen molar-refractivity contribution >= 4 is 25.5 Å². The van der Waals surface area contributed by atoms with Crippen molar-refractivity contribution in [3.63, 3.8) is 0 Å². The zero-order valence-corrected chi connectivity index (χ0v) is 21.1. The Morgan fingerprint density at radius 1 is 1.28 bits per heavy atom. The fourth-order valence-corrected chi connectivity index (χ4v) is 5.91. The van der Waals surface area contributed by atoms with Gasteiger partial charge in [-0.15, -0.1) is 12.4 Å². The molecule has 6 nitrogen and oxygen atoms in total. The third kappa shape index (κ3) is 4.17. The summed E-state index contributed by atoms with van der Waals surface area (Å²) < 4.78 is 24.0. The maximum absolute atomic E-state index is 12.7. The van der Waals surface area contributed by atoms with Crippen molar-refractivity contribution in [1.29, 1.82) is 0 Å². The molecular weight excluding hydrogens is 429 g/mol. The molecule has 3 saturated carbocycles. The minimum Gasteiger partial charge on any atom is -0.496 e. The van der Waals surface area contributed by atoms with E-state index < -0.39 is 18.7 Å². The predicted molar refractivity (Wildman–Crippen MR) is 127 cm³/mol. The lowest BCUT2D eigenvalue weighted by Gasteiger charge is -2.64. The molecule has 8 heteroatoms. The first-order valence-electron chi connectivity index (χ1n) is 11.3. The summed E-state index contributed by atoms with van der Waals surface area (Å²) in [6, 6.07) is 5.48. The van der Waals surface area contributed by atoms with Gasteiger partial charge in [-0.2, -0.15) is 0 Å². The number of methoxy groups -OCH3 is 1. The summed E-state index contributed by atoms with van der Waals surface area (Å²) in [5, 5.41) is 0. The highest BCUT2D eigenvalue weighted by Gasteiger charge is 2.68. The van der Waals surface area contributed by atoms with Gasteiger partial charge in [-0.1, -0.05) is 26.0 Å². The molecule has 0 spiro atoms. The minimum absolute atomic E-state index is 0. The minimum atomic E-state index is -0.583. The molecule has 5 atom stereocenters. The Bertz CT molecular complexity index is 872. The van der Waals surface area contributed by atoms with Gasteiger partial charge in [0.2, 0.25) is 0 Å². The van der Waals surface area contributed by atoms with E-state index in [9.17, 15) is 4.79 Å². The number of ether oxygens (including phenoxy) is 2. The van der Waals surface area contributed by atoms with Crippen molar-refractivity contribution in [2.24, 2.45) is 23.0 Å². The second-order valence-electron chi connectivity index (χ2n) is 11.2. The Balaban J connectivity index is 0.00000289. The van der Waals surface area contributed by atoms with Crippen LogP contribution in [0.25, 0.3) is 0 Å². The molecule has 0 radical (unpaired) electrons. The van der Waals surface area contributed by atoms with E-state index in [1.807, 2.05) is 32.9 Å². The zero-order valence-electron chi connectivity index (χ0n) is 20.3. The lowest BCUT2D eigenvalue weighted by atomic mass is 9.43. The van der Waals surface area contributed by atoms with E-state index in [4.69, 9.17) is 24.5 Å². The molecule has 1 aromatic rings. The van der Waals surface area contributed by atoms with Crippen LogP contribution in [0.3, 0.4) is 0 Å². The molecule has 0 aromatic heterocycles. The average Bonchev–Trinajstić information content (AvgIpc) is 3.03. The highest BCUT2D eigenvalue weighted by atomic mass is 35.5. The number of benzene rings is 1. The van der Waals surface area contributed by atoms with Crippen LogP contribution in [0.15, 0.2) is 18.2 Å². The third-order valence-electron chi connectivity index (χ3n) is 7.69. The molecule has 1 saturated heterocycles. The van der Waals surface area contributed by atoms with Crippen molar-refractivity contribution in [3.05, 3.63) is 29.3 Å². The summed E-state index contributed by atoms with van der Waals surface area (Å²) in [5.41, 5.74) is 7.24. The molecule has 1 aliphatic heterocycles. The Morgan fingerprint density at radius 2 is 1.97 bits per heavy atom. The SMILES string of the molecule is COc1c(C[C@H](N)B2O[C@@H]3C[C@@H]4C[C@@H](C4(C)C)[C@]3(C)O2)cccc1C(=O)OC(C)(C)C.Cl. The maximum atomic E-state index is 12.7. The van der Waals surface area contributed by atoms with Crippen LogP contribution in [0, 0.1) is 17.3 Å². The number of hydrogen-bond donors (Lipinski definition) is 1. The van der Waals surface area contributed by atoms with Crippen molar-refractivity contribution in [2.45, 2.75) is 84.1 Å². The molecular formula is C24H37BClNO5. The Kier molecular flexibility index (Phi) is 6.73. The van der Waals surface area contributed by atoms with Crippen LogP contribution < -0.4 is 10.5 Å². The van der Waals surface area contributed by atoms with E-state index in [-0.39, 0.29) is 30.1 Å². The average molecular weight is 466 g/mol. The molecule has 32 heavy (non-hydrogen) atoms. The third-order valence-corrected chi connectivity index (χ3v) is 7.69. The number of esters is 1. The van der Waals surface area contributed by atoms with Gasteiger partial charge in [0.25, 0.3) is 0 Å². The summed E-state index contributed by atoms with van der Waals surface area (Å²) >= 11 is 0. The molecule has 1 heterocycles. The predicted octanol–water partition coefficient (Wildman–Crippen LogP) is 4.21. The molecule has 5 rings (SSSR count). The molecule has 178 valence electrons. The molecule has 2 N–H and O–H groups in total. The van der Waals surface area contributed by atoms with Crippen molar-refractivity contribution in [3.8, 4) is 5.75 Å². The van der Waals surface area contributed by atoms with Crippen LogP contribution in [-0.4, -0.2) is 43.4 Å². The summed E-state index contributed by atoms with van der Waals surface area (Å²) in [6.07, 6.45) is 2.80. The van der Waals surface area contributed by atoms with E-state index >= 15 is 0 Å². The van der Waals surface area contributed by atoms with Crippen molar-refractivity contribution in [1.82, 2.24) is 0 Å². The number of carbonyl (C=O) groups is 1. The van der Waals surface area contributed by atoms with Crippen molar-refractivity contribution in [2.75, 3.05) is 7.11 Å². The lowest BCUT2D eigenvalue weighted by Crippen LogP contribution is -2.65. The Morgan fingerprint density at radius 3 is 2.56 bits per heavy atom. The first-order chi connectivity index (χ1) is 14.4. The molecule has 3 aliphatic carbocycles. The summed E-state index contributed by atoms with van der Waals surface area (Å²) in [7, 11) is 1.09. The second kappa shape index (κ2) is 8.50. The van der Waals surface area contributed by atoms with Crippen LogP contribution >= 0.6 is 12.4 Å². The van der Waals surface area contributed by atoms with Gasteiger partial charge in [-0.05, 0) is 75.8 Å². The number of carbonyl (C=O) groups excluding carboxylic acids is 1. The van der Waals surface area contributed by atoms with Crippen LogP contribution in [0.5, 0.6) is 5.75 Å². The van der Waals surface area contributed by atoms with Gasteiger partial charge in [0.05, 0.1) is 18.8 Å². The van der Waals surface area contributed by atoms with E-state index in [2.05, 4.69) is 20.8 Å². The fraction of sp³-hybridized carbons (Fsp3) is 0.708. The van der Waals surface area contributed by atoms with Crippen LogP contribution in [0.4, 0.5) is 0 Å². The number of rotatable bonds is 5. The van der Waals surface area contributed by atoms with E-state index in [1.54, 1.807) is 13.2 Å². The largest absolute Gasteiger partial charge is 0.496 e. The molecule has 4 aliphatic rings. The second-order valence-corrected chi connectivity index (χ2v) is 11.2. The number of hydrogen-bond acceptors (Lipinski definition) is 6. The summed E-state index contributed by atoms with van der Waals surface area (Å²) in [4.78, 5) is 12.7. The van der Waals surface area contributed by atoms with E-state index in [1.165, 1.54) is 6.42 Å². The van der Waals surface area contributed by atoms with Gasteiger partial charge in [0.15, 0.2) is 0 Å². The number of para-hydroxylation sites is 1. The van der Waals surface area contributed by atoms with E-state index in [0.29, 0.717) is 35.0 Å². The van der Waals surface area contributed by atoms with Crippen LogP contribution in [0.2, 0.25) is 0 Å². The first kappa shape index (κ1) is 25.3. The molecule has 2 bridgehead atoms. The lowest BCUT2D eigenvalue weighted by molar-refractivity contribution is -0.199. The van der Waals surface area contributed by atoms with Gasteiger partial charge >= 0.3 is 13.1 Å². The Labute approximate surface area is 198 Å². The van der Waals surface area contributed by atoms with Gasteiger partial charge < -0.3 is 24.5 Å². The molecule has 0 unspecified atom stereocenters. The standard InChI is InChI=1S/C24H36BNO5.ClH/c1-22(2,3)29-21(27)16-10-8-9-14(20(16)28-7)11-19(26)25-30-18-13-15-12-17(23(15,4)5)24(18,6)31-25;/h8-10,15,17-19H,11-13,26H2,1-7H3;1H/t15-,17-,18+,19-,24-;/m0./s1. The van der Waals surface area contributed by atoms with Crippen LogP contribution in [0.1, 0.15) is 70.3 Å². The topological polar surface area (TPSA) is 80.0 Å².